The van der Waals surface area contributed by atoms with Gasteiger partial charge in [0.05, 0.1) is 0 Å². The van der Waals surface area contributed by atoms with Crippen molar-refractivity contribution in [3.8, 4) is 10.4 Å². The van der Waals surface area contributed by atoms with Crippen LogP contribution < -0.4 is 5.32 Å². The molecule has 1 N–H and O–H groups in total. The molecule has 2 aromatic rings. The number of nitrogens with one attached hydrogen (secondary N) is 1. The van der Waals surface area contributed by atoms with Crippen molar-refractivity contribution >= 4 is 11.3 Å². The minimum absolute atomic E-state index is 0.153. The zero-order chi connectivity index (χ0) is 13.7. The Morgan fingerprint density at radius 3 is 2.79 bits per heavy atom. The lowest BCUT2D eigenvalue weighted by Crippen LogP contribution is -2.26. The quantitative estimate of drug-likeness (QED) is 0.816. The first-order valence-corrected chi connectivity index (χ1v) is 7.22. The molecule has 102 valence electrons. The zero-order valence-corrected chi connectivity index (χ0v) is 12.1. The summed E-state index contributed by atoms with van der Waals surface area (Å²) in [6.07, 6.45) is 0. The Balaban J connectivity index is 2.01. The van der Waals surface area contributed by atoms with Crippen molar-refractivity contribution in [3.05, 3.63) is 47.1 Å². The Bertz CT molecular complexity index is 509. The summed E-state index contributed by atoms with van der Waals surface area (Å²) in [6, 6.07) is 9.23. The number of likely N-dealkylation sites (N-methyl/N-ethyl adjacent to an activating group) is 1. The summed E-state index contributed by atoms with van der Waals surface area (Å²) in [6.45, 7) is 2.70. The van der Waals surface area contributed by atoms with Crippen molar-refractivity contribution in [2.24, 2.45) is 0 Å². The van der Waals surface area contributed by atoms with E-state index in [0.717, 1.165) is 30.1 Å². The van der Waals surface area contributed by atoms with Crippen LogP contribution in [0.5, 0.6) is 0 Å². The van der Waals surface area contributed by atoms with Crippen LogP contribution in [0.1, 0.15) is 5.56 Å². The van der Waals surface area contributed by atoms with E-state index in [9.17, 15) is 4.39 Å². The summed E-state index contributed by atoms with van der Waals surface area (Å²) in [5, 5.41) is 5.33. The Labute approximate surface area is 117 Å². The van der Waals surface area contributed by atoms with E-state index in [0.29, 0.717) is 5.56 Å². The molecule has 0 atom stereocenters. The van der Waals surface area contributed by atoms with Crippen LogP contribution in [0, 0.1) is 5.82 Å². The van der Waals surface area contributed by atoms with E-state index >= 15 is 0 Å². The van der Waals surface area contributed by atoms with Gasteiger partial charge in [-0.3, -0.25) is 0 Å². The Kier molecular flexibility index (Phi) is 5.07. The maximum Gasteiger partial charge on any atom is 0.131 e. The normalized spacial score (nSPS) is 11.2. The molecule has 2 rings (SSSR count). The largest absolute Gasteiger partial charge is 0.311 e. The van der Waals surface area contributed by atoms with E-state index in [1.54, 1.807) is 17.4 Å². The molecule has 0 spiro atoms. The lowest BCUT2D eigenvalue weighted by molar-refractivity contribution is 0.400. The van der Waals surface area contributed by atoms with E-state index in [2.05, 4.69) is 24.3 Å². The molecule has 0 fully saturated rings. The molecule has 1 aromatic heterocycles. The second-order valence-electron chi connectivity index (χ2n) is 4.77. The first kappa shape index (κ1) is 14.2. The van der Waals surface area contributed by atoms with Gasteiger partial charge in [-0.25, -0.2) is 4.39 Å². The molecule has 19 heavy (non-hydrogen) atoms. The fourth-order valence-corrected chi connectivity index (χ4v) is 2.58. The molecule has 0 saturated heterocycles. The summed E-state index contributed by atoms with van der Waals surface area (Å²) in [7, 11) is 4.10. The van der Waals surface area contributed by atoms with E-state index in [1.807, 2.05) is 29.6 Å². The monoisotopic (exact) mass is 278 g/mol. The predicted octanol–water partition coefficient (Wildman–Crippen LogP) is 3.21. The van der Waals surface area contributed by atoms with Gasteiger partial charge in [0.2, 0.25) is 0 Å². The number of benzene rings is 1. The highest BCUT2D eigenvalue weighted by Crippen LogP contribution is 2.28. The molecule has 0 aliphatic heterocycles. The summed E-state index contributed by atoms with van der Waals surface area (Å²) in [5.74, 6) is -0.153. The maximum absolute atomic E-state index is 13.8. The average molecular weight is 278 g/mol. The number of rotatable bonds is 6. The molecular weight excluding hydrogens is 259 g/mol. The van der Waals surface area contributed by atoms with Gasteiger partial charge in [0.1, 0.15) is 5.82 Å². The third-order valence-corrected chi connectivity index (χ3v) is 3.79. The highest BCUT2D eigenvalue weighted by molar-refractivity contribution is 7.13. The fourth-order valence-electron chi connectivity index (χ4n) is 1.84. The van der Waals surface area contributed by atoms with E-state index in [-0.39, 0.29) is 5.82 Å². The SMILES string of the molecule is CN(C)CCNCc1ccc(F)c(-c2cccs2)c1. The Morgan fingerprint density at radius 2 is 2.11 bits per heavy atom. The third-order valence-electron chi connectivity index (χ3n) is 2.88. The maximum atomic E-state index is 13.8. The van der Waals surface area contributed by atoms with Gasteiger partial charge in [-0.05, 0) is 43.2 Å². The number of nitrogens with zero attached hydrogens (tertiary/aromatic N) is 1. The van der Waals surface area contributed by atoms with Crippen LogP contribution in [-0.2, 0) is 6.54 Å². The molecule has 1 aromatic carbocycles. The number of halogens is 1. The summed E-state index contributed by atoms with van der Waals surface area (Å²) >= 11 is 1.56. The van der Waals surface area contributed by atoms with E-state index < -0.39 is 0 Å². The van der Waals surface area contributed by atoms with Gasteiger partial charge in [0.15, 0.2) is 0 Å². The minimum Gasteiger partial charge on any atom is -0.311 e. The van der Waals surface area contributed by atoms with Crippen molar-refractivity contribution < 1.29 is 4.39 Å². The molecular formula is C15H19FN2S. The summed E-state index contributed by atoms with van der Waals surface area (Å²) < 4.78 is 13.8. The molecule has 0 bridgehead atoms. The molecule has 4 heteroatoms. The van der Waals surface area contributed by atoms with Gasteiger partial charge in [-0.1, -0.05) is 12.1 Å². The van der Waals surface area contributed by atoms with Crippen LogP contribution in [0.2, 0.25) is 0 Å². The highest BCUT2D eigenvalue weighted by Gasteiger charge is 2.07. The molecule has 2 nitrogen and oxygen atoms in total. The van der Waals surface area contributed by atoms with Crippen molar-refractivity contribution in [3.63, 3.8) is 0 Å². The average Bonchev–Trinajstić information content (AvgIpc) is 2.90. The number of thiophene rings is 1. The van der Waals surface area contributed by atoms with Gasteiger partial charge in [-0.15, -0.1) is 11.3 Å². The number of hydrogen-bond acceptors (Lipinski definition) is 3. The highest BCUT2D eigenvalue weighted by atomic mass is 32.1. The van der Waals surface area contributed by atoms with Crippen LogP contribution in [-0.4, -0.2) is 32.1 Å². The van der Waals surface area contributed by atoms with Gasteiger partial charge < -0.3 is 10.2 Å². The summed E-state index contributed by atoms with van der Waals surface area (Å²) in [4.78, 5) is 3.11. The Morgan fingerprint density at radius 1 is 1.26 bits per heavy atom. The van der Waals surface area contributed by atoms with Gasteiger partial charge in [-0.2, -0.15) is 0 Å². The third kappa shape index (κ3) is 4.13. The second-order valence-corrected chi connectivity index (χ2v) is 5.72. The molecule has 0 aliphatic rings. The first-order chi connectivity index (χ1) is 9.16. The van der Waals surface area contributed by atoms with Crippen LogP contribution in [0.15, 0.2) is 35.7 Å². The smallest absolute Gasteiger partial charge is 0.131 e. The van der Waals surface area contributed by atoms with Crippen molar-refractivity contribution in [1.82, 2.24) is 10.2 Å². The predicted molar refractivity (Wildman–Crippen MR) is 80.0 cm³/mol. The Hall–Kier alpha value is -1.23. The number of hydrogen-bond donors (Lipinski definition) is 1. The van der Waals surface area contributed by atoms with Crippen molar-refractivity contribution in [1.29, 1.82) is 0 Å². The van der Waals surface area contributed by atoms with Crippen LogP contribution >= 0.6 is 11.3 Å². The summed E-state index contributed by atoms with van der Waals surface area (Å²) in [5.41, 5.74) is 1.81. The second kappa shape index (κ2) is 6.80. The lowest BCUT2D eigenvalue weighted by Gasteiger charge is -2.11. The fraction of sp³-hybridized carbons (Fsp3) is 0.333. The van der Waals surface area contributed by atoms with Crippen LogP contribution in [0.4, 0.5) is 4.39 Å². The topological polar surface area (TPSA) is 15.3 Å². The van der Waals surface area contributed by atoms with Gasteiger partial charge >= 0.3 is 0 Å². The van der Waals surface area contributed by atoms with E-state index in [4.69, 9.17) is 0 Å². The van der Waals surface area contributed by atoms with E-state index in [1.165, 1.54) is 0 Å². The lowest BCUT2D eigenvalue weighted by atomic mass is 10.1. The zero-order valence-electron chi connectivity index (χ0n) is 11.3. The van der Waals surface area contributed by atoms with Crippen molar-refractivity contribution in [2.75, 3.05) is 27.2 Å². The minimum atomic E-state index is -0.153. The first-order valence-electron chi connectivity index (χ1n) is 6.34. The van der Waals surface area contributed by atoms with Crippen LogP contribution in [0.3, 0.4) is 0 Å². The molecule has 0 amide bonds. The molecule has 0 aliphatic carbocycles. The van der Waals surface area contributed by atoms with Gasteiger partial charge in [0.25, 0.3) is 0 Å². The molecule has 0 unspecified atom stereocenters. The van der Waals surface area contributed by atoms with Gasteiger partial charge in [0, 0.05) is 30.1 Å². The standard InChI is InChI=1S/C15H19FN2S/c1-18(2)8-7-17-11-12-5-6-14(16)13(10-12)15-4-3-9-19-15/h3-6,9-10,17H,7-8,11H2,1-2H3. The molecule has 1 heterocycles. The van der Waals surface area contributed by atoms with Crippen LogP contribution in [0.25, 0.3) is 10.4 Å². The molecule has 0 radical (unpaired) electrons. The van der Waals surface area contributed by atoms with Crippen molar-refractivity contribution in [2.45, 2.75) is 6.54 Å². The molecule has 0 saturated carbocycles.